The van der Waals surface area contributed by atoms with Crippen LogP contribution >= 0.6 is 7.60 Å². The smallest absolute Gasteiger partial charge is 0.330 e. The second-order valence-electron chi connectivity index (χ2n) is 9.70. The highest BCUT2D eigenvalue weighted by Gasteiger charge is 2.24. The Kier molecular flexibility index (Phi) is 14.1. The van der Waals surface area contributed by atoms with Gasteiger partial charge < -0.3 is 29.7 Å². The van der Waals surface area contributed by atoms with Gasteiger partial charge in [-0.2, -0.15) is 4.98 Å². The maximum atomic E-state index is 14.5. The van der Waals surface area contributed by atoms with Gasteiger partial charge in [-0.05, 0) is 67.3 Å². The topological polar surface area (TPSA) is 124 Å². The molecular formula is C31H41FN5O5P. The SMILES string of the molecule is C=CC(=O)NCc1cccc(Nc2nc(Nc3ccc(OCCCP(=O)(OCCCC)OCCCC)cc3)ncc2F)c1. The molecule has 1 amide bonds. The Hall–Kier alpha value is -3.79. The monoisotopic (exact) mass is 613 g/mol. The second kappa shape index (κ2) is 18.0. The fourth-order valence-corrected chi connectivity index (χ4v) is 5.41. The Bertz CT molecular complexity index is 1340. The van der Waals surface area contributed by atoms with E-state index in [-0.39, 0.29) is 17.7 Å². The summed E-state index contributed by atoms with van der Waals surface area (Å²) in [6.07, 6.45) is 6.71. The Morgan fingerprint density at radius 3 is 2.37 bits per heavy atom. The van der Waals surface area contributed by atoms with E-state index in [4.69, 9.17) is 13.8 Å². The summed E-state index contributed by atoms with van der Waals surface area (Å²) in [7, 11) is -3.14. The van der Waals surface area contributed by atoms with Crippen molar-refractivity contribution in [3.8, 4) is 5.75 Å². The lowest BCUT2D eigenvalue weighted by Crippen LogP contribution is -2.19. The number of carbonyl (C=O) groups excluding carboxylic acids is 1. The summed E-state index contributed by atoms with van der Waals surface area (Å²) in [6, 6.07) is 14.4. The number of aromatic nitrogens is 2. The van der Waals surface area contributed by atoms with E-state index in [1.54, 1.807) is 42.5 Å². The quantitative estimate of drug-likeness (QED) is 0.0675. The van der Waals surface area contributed by atoms with Crippen LogP contribution in [-0.4, -0.2) is 41.9 Å². The van der Waals surface area contributed by atoms with E-state index >= 15 is 0 Å². The molecule has 1 aromatic heterocycles. The van der Waals surface area contributed by atoms with Gasteiger partial charge in [0.2, 0.25) is 11.9 Å². The van der Waals surface area contributed by atoms with Crippen molar-refractivity contribution in [2.75, 3.05) is 36.6 Å². The molecule has 12 heteroatoms. The molecule has 3 rings (SSSR count). The van der Waals surface area contributed by atoms with Crippen LogP contribution in [0, 0.1) is 5.82 Å². The third-order valence-electron chi connectivity index (χ3n) is 6.11. The third kappa shape index (κ3) is 12.2. The standard InChI is InChI=1S/C31H41FN5O5P/c1-4-7-18-41-43(39,42-19-8-5-2)20-10-17-40-27-15-13-25(14-16-27)36-31-34-23-28(32)30(37-31)35-26-12-9-11-24(21-26)22-33-29(38)6-3/h6,9,11-16,21,23H,3-5,7-8,10,17-20,22H2,1-2H3,(H,33,38)(H2,34,35,36,37). The minimum atomic E-state index is -3.14. The number of nitrogens with one attached hydrogen (secondary N) is 3. The van der Waals surface area contributed by atoms with Gasteiger partial charge in [-0.1, -0.05) is 45.4 Å². The summed E-state index contributed by atoms with van der Waals surface area (Å²) in [4.78, 5) is 19.7. The Morgan fingerprint density at radius 2 is 1.70 bits per heavy atom. The number of rotatable bonds is 20. The number of ether oxygens (including phenoxy) is 1. The average Bonchev–Trinajstić information content (AvgIpc) is 3.01. The van der Waals surface area contributed by atoms with Crippen molar-refractivity contribution >= 4 is 36.6 Å². The van der Waals surface area contributed by atoms with Crippen LogP contribution in [0.1, 0.15) is 51.5 Å². The fourth-order valence-electron chi connectivity index (χ4n) is 3.75. The van der Waals surface area contributed by atoms with E-state index < -0.39 is 13.4 Å². The first kappa shape index (κ1) is 33.7. The molecule has 3 N–H and O–H groups in total. The van der Waals surface area contributed by atoms with Crippen molar-refractivity contribution in [2.45, 2.75) is 52.5 Å². The van der Waals surface area contributed by atoms with Gasteiger partial charge in [-0.15, -0.1) is 0 Å². The molecular weight excluding hydrogens is 572 g/mol. The molecule has 0 saturated heterocycles. The minimum absolute atomic E-state index is 0.000586. The van der Waals surface area contributed by atoms with Crippen LogP contribution in [0.5, 0.6) is 5.75 Å². The summed E-state index contributed by atoms with van der Waals surface area (Å²) in [5.41, 5.74) is 2.11. The average molecular weight is 614 g/mol. The normalized spacial score (nSPS) is 11.1. The van der Waals surface area contributed by atoms with Gasteiger partial charge in [0.15, 0.2) is 11.6 Å². The number of amides is 1. The molecule has 0 aliphatic carbocycles. The third-order valence-corrected chi connectivity index (χ3v) is 8.13. The molecule has 2 aromatic carbocycles. The summed E-state index contributed by atoms with van der Waals surface area (Å²) < 4.78 is 44.6. The van der Waals surface area contributed by atoms with E-state index in [0.29, 0.717) is 56.1 Å². The molecule has 0 aliphatic rings. The van der Waals surface area contributed by atoms with Crippen molar-refractivity contribution in [2.24, 2.45) is 0 Å². The highest BCUT2D eigenvalue weighted by molar-refractivity contribution is 7.53. The van der Waals surface area contributed by atoms with Gasteiger partial charge in [0.1, 0.15) is 5.75 Å². The van der Waals surface area contributed by atoms with Gasteiger partial charge in [-0.25, -0.2) is 9.37 Å². The van der Waals surface area contributed by atoms with Crippen LogP contribution in [0.25, 0.3) is 0 Å². The van der Waals surface area contributed by atoms with Gasteiger partial charge in [0, 0.05) is 17.9 Å². The van der Waals surface area contributed by atoms with Gasteiger partial charge in [0.25, 0.3) is 0 Å². The van der Waals surface area contributed by atoms with Crippen LogP contribution in [-0.2, 0) is 25.0 Å². The van der Waals surface area contributed by atoms with E-state index in [2.05, 4.69) is 46.3 Å². The Morgan fingerprint density at radius 1 is 0.977 bits per heavy atom. The van der Waals surface area contributed by atoms with Crippen LogP contribution < -0.4 is 20.7 Å². The molecule has 0 unspecified atom stereocenters. The molecule has 0 spiro atoms. The number of hydrogen-bond donors (Lipinski definition) is 3. The van der Waals surface area contributed by atoms with Crippen LogP contribution in [0.15, 0.2) is 67.4 Å². The Balaban J connectivity index is 1.52. The lowest BCUT2D eigenvalue weighted by atomic mass is 10.2. The molecule has 0 radical (unpaired) electrons. The van der Waals surface area contributed by atoms with Crippen molar-refractivity contribution in [3.05, 3.63) is 78.8 Å². The lowest BCUT2D eigenvalue weighted by Gasteiger charge is -2.18. The number of halogens is 1. The molecule has 1 heterocycles. The van der Waals surface area contributed by atoms with Crippen LogP contribution in [0.4, 0.5) is 27.5 Å². The molecule has 0 saturated carbocycles. The number of hydrogen-bond acceptors (Lipinski definition) is 9. The molecule has 3 aromatic rings. The summed E-state index contributed by atoms with van der Waals surface area (Å²) in [5, 5.41) is 8.72. The highest BCUT2D eigenvalue weighted by atomic mass is 31.2. The van der Waals surface area contributed by atoms with Crippen LogP contribution in [0.3, 0.4) is 0 Å². The second-order valence-corrected chi connectivity index (χ2v) is 11.9. The zero-order chi connectivity index (χ0) is 30.9. The number of benzene rings is 2. The maximum absolute atomic E-state index is 14.5. The Labute approximate surface area is 253 Å². The predicted octanol–water partition coefficient (Wildman–Crippen LogP) is 7.50. The molecule has 0 fully saturated rings. The fraction of sp³-hybridized carbons (Fsp3) is 0.387. The largest absolute Gasteiger partial charge is 0.494 e. The van der Waals surface area contributed by atoms with E-state index in [9.17, 15) is 13.8 Å². The zero-order valence-electron chi connectivity index (χ0n) is 24.8. The number of carbonyl (C=O) groups is 1. The molecule has 0 bridgehead atoms. The summed E-state index contributed by atoms with van der Waals surface area (Å²) >= 11 is 0. The first-order chi connectivity index (χ1) is 20.8. The van der Waals surface area contributed by atoms with E-state index in [1.165, 1.54) is 6.08 Å². The molecule has 0 atom stereocenters. The number of unbranched alkanes of at least 4 members (excludes halogenated alkanes) is 2. The lowest BCUT2D eigenvalue weighted by molar-refractivity contribution is -0.116. The molecule has 232 valence electrons. The maximum Gasteiger partial charge on any atom is 0.330 e. The first-order valence-corrected chi connectivity index (χ1v) is 16.2. The van der Waals surface area contributed by atoms with Crippen molar-refractivity contribution < 1.29 is 27.5 Å². The minimum Gasteiger partial charge on any atom is -0.494 e. The number of nitrogens with zero attached hydrogens (tertiary/aromatic N) is 2. The van der Waals surface area contributed by atoms with Gasteiger partial charge in [0.05, 0.1) is 32.2 Å². The van der Waals surface area contributed by atoms with Crippen LogP contribution in [0.2, 0.25) is 0 Å². The highest BCUT2D eigenvalue weighted by Crippen LogP contribution is 2.49. The predicted molar refractivity (Wildman–Crippen MR) is 168 cm³/mol. The van der Waals surface area contributed by atoms with Crippen molar-refractivity contribution in [3.63, 3.8) is 0 Å². The molecule has 10 nitrogen and oxygen atoms in total. The molecule has 0 aliphatic heterocycles. The zero-order valence-corrected chi connectivity index (χ0v) is 25.7. The van der Waals surface area contributed by atoms with Gasteiger partial charge in [-0.3, -0.25) is 9.36 Å². The molecule has 43 heavy (non-hydrogen) atoms. The van der Waals surface area contributed by atoms with Crippen molar-refractivity contribution in [1.29, 1.82) is 0 Å². The summed E-state index contributed by atoms with van der Waals surface area (Å²) in [6.45, 7) is 9.07. The first-order valence-electron chi connectivity index (χ1n) is 14.5. The number of anilines is 4. The van der Waals surface area contributed by atoms with Crippen molar-refractivity contribution in [1.82, 2.24) is 15.3 Å². The van der Waals surface area contributed by atoms with E-state index in [1.807, 2.05) is 6.07 Å². The van der Waals surface area contributed by atoms with Gasteiger partial charge >= 0.3 is 7.60 Å². The van der Waals surface area contributed by atoms with E-state index in [0.717, 1.165) is 37.4 Å². The summed E-state index contributed by atoms with van der Waals surface area (Å²) in [5.74, 6) is -0.0479.